The van der Waals surface area contributed by atoms with Gasteiger partial charge in [0.25, 0.3) is 5.91 Å². The van der Waals surface area contributed by atoms with Crippen molar-refractivity contribution in [3.8, 4) is 5.88 Å². The molecule has 1 aliphatic rings. The van der Waals surface area contributed by atoms with Crippen molar-refractivity contribution in [2.45, 2.75) is 25.6 Å². The molecule has 2 N–H and O–H groups in total. The number of rotatable bonds is 5. The van der Waals surface area contributed by atoms with Crippen LogP contribution in [-0.2, 0) is 0 Å². The number of thioether (sulfide) groups is 1. The second-order valence-electron chi connectivity index (χ2n) is 4.55. The summed E-state index contributed by atoms with van der Waals surface area (Å²) < 4.78 is 5.70. The van der Waals surface area contributed by atoms with Crippen LogP contribution in [0.25, 0.3) is 0 Å². The van der Waals surface area contributed by atoms with Crippen LogP contribution in [0.5, 0.6) is 5.88 Å². The van der Waals surface area contributed by atoms with Crippen LogP contribution < -0.4 is 10.1 Å². The standard InChI is InChI=1S/C13H18N2O3S/c1-9(16)6-15-13(17)10-2-3-12(14-7-10)18-11-4-5-19-8-11/h2-3,7,9,11,16H,4-6,8H2,1H3,(H,15,17). The Labute approximate surface area is 116 Å². The minimum absolute atomic E-state index is 0.229. The molecule has 1 fully saturated rings. The smallest absolute Gasteiger partial charge is 0.252 e. The molecule has 2 atom stereocenters. The molecule has 0 aromatic carbocycles. The predicted octanol–water partition coefficient (Wildman–Crippen LogP) is 1.08. The van der Waals surface area contributed by atoms with Crippen molar-refractivity contribution in [3.05, 3.63) is 23.9 Å². The number of hydrogen-bond acceptors (Lipinski definition) is 5. The first kappa shape index (κ1) is 14.1. The van der Waals surface area contributed by atoms with Gasteiger partial charge >= 0.3 is 0 Å². The van der Waals surface area contributed by atoms with Crippen molar-refractivity contribution in [1.82, 2.24) is 10.3 Å². The number of aliphatic hydroxyl groups excluding tert-OH is 1. The molecule has 0 aliphatic carbocycles. The maximum Gasteiger partial charge on any atom is 0.252 e. The van der Waals surface area contributed by atoms with Gasteiger partial charge < -0.3 is 15.2 Å². The number of pyridine rings is 1. The molecule has 2 unspecified atom stereocenters. The zero-order chi connectivity index (χ0) is 13.7. The molecule has 1 aromatic heterocycles. The second-order valence-corrected chi connectivity index (χ2v) is 5.70. The van der Waals surface area contributed by atoms with E-state index in [0.29, 0.717) is 11.4 Å². The highest BCUT2D eigenvalue weighted by molar-refractivity contribution is 7.99. The highest BCUT2D eigenvalue weighted by atomic mass is 32.2. The van der Waals surface area contributed by atoms with Crippen LogP contribution in [0.1, 0.15) is 23.7 Å². The molecular formula is C13H18N2O3S. The van der Waals surface area contributed by atoms with E-state index in [4.69, 9.17) is 9.84 Å². The van der Waals surface area contributed by atoms with E-state index in [1.54, 1.807) is 19.1 Å². The van der Waals surface area contributed by atoms with Crippen molar-refractivity contribution in [1.29, 1.82) is 0 Å². The summed E-state index contributed by atoms with van der Waals surface area (Å²) in [4.78, 5) is 15.8. The Balaban J connectivity index is 1.88. The van der Waals surface area contributed by atoms with Crippen molar-refractivity contribution in [2.75, 3.05) is 18.1 Å². The molecule has 1 amide bonds. The quantitative estimate of drug-likeness (QED) is 0.845. The van der Waals surface area contributed by atoms with Crippen molar-refractivity contribution < 1.29 is 14.6 Å². The number of aromatic nitrogens is 1. The minimum atomic E-state index is -0.556. The van der Waals surface area contributed by atoms with Gasteiger partial charge in [-0.15, -0.1) is 0 Å². The van der Waals surface area contributed by atoms with Gasteiger partial charge in [0.05, 0.1) is 11.7 Å². The van der Waals surface area contributed by atoms with E-state index in [9.17, 15) is 4.79 Å². The molecule has 0 saturated carbocycles. The lowest BCUT2D eigenvalue weighted by molar-refractivity contribution is 0.0923. The number of ether oxygens (including phenoxy) is 1. The number of amides is 1. The monoisotopic (exact) mass is 282 g/mol. The fourth-order valence-corrected chi connectivity index (χ4v) is 2.80. The first-order chi connectivity index (χ1) is 9.15. The lowest BCUT2D eigenvalue weighted by Gasteiger charge is -2.11. The number of aliphatic hydroxyl groups is 1. The van der Waals surface area contributed by atoms with Crippen molar-refractivity contribution in [2.24, 2.45) is 0 Å². The van der Waals surface area contributed by atoms with E-state index in [1.807, 2.05) is 11.8 Å². The molecule has 0 bridgehead atoms. The highest BCUT2D eigenvalue weighted by Gasteiger charge is 2.17. The molecule has 2 heterocycles. The van der Waals surface area contributed by atoms with Crippen molar-refractivity contribution in [3.63, 3.8) is 0 Å². The number of nitrogens with zero attached hydrogens (tertiary/aromatic N) is 1. The van der Waals surface area contributed by atoms with E-state index in [-0.39, 0.29) is 18.6 Å². The zero-order valence-corrected chi connectivity index (χ0v) is 11.7. The van der Waals surface area contributed by atoms with Crippen LogP contribution in [0.3, 0.4) is 0 Å². The highest BCUT2D eigenvalue weighted by Crippen LogP contribution is 2.21. The van der Waals surface area contributed by atoms with Gasteiger partial charge in [-0.25, -0.2) is 4.98 Å². The fourth-order valence-electron chi connectivity index (χ4n) is 1.70. The summed E-state index contributed by atoms with van der Waals surface area (Å²) in [6, 6.07) is 3.39. The maximum atomic E-state index is 11.7. The number of nitrogens with one attached hydrogen (secondary N) is 1. The fraction of sp³-hybridized carbons (Fsp3) is 0.538. The number of carbonyl (C=O) groups excluding carboxylic acids is 1. The lowest BCUT2D eigenvalue weighted by Crippen LogP contribution is -2.30. The summed E-state index contributed by atoms with van der Waals surface area (Å²) in [7, 11) is 0. The molecule has 6 heteroatoms. The van der Waals surface area contributed by atoms with Crippen LogP contribution in [0, 0.1) is 0 Å². The van der Waals surface area contributed by atoms with Gasteiger partial charge in [0, 0.05) is 24.6 Å². The zero-order valence-electron chi connectivity index (χ0n) is 10.8. The third-order valence-corrected chi connectivity index (χ3v) is 3.86. The van der Waals surface area contributed by atoms with Gasteiger partial charge in [-0.2, -0.15) is 11.8 Å². The normalized spacial score (nSPS) is 20.0. The maximum absolute atomic E-state index is 11.7. The summed E-state index contributed by atoms with van der Waals surface area (Å²) >= 11 is 1.88. The van der Waals surface area contributed by atoms with Crippen molar-refractivity contribution >= 4 is 17.7 Å². The van der Waals surface area contributed by atoms with Crippen LogP contribution in [-0.4, -0.2) is 46.3 Å². The van der Waals surface area contributed by atoms with E-state index in [2.05, 4.69) is 10.3 Å². The Morgan fingerprint density at radius 2 is 2.53 bits per heavy atom. The van der Waals surface area contributed by atoms with Gasteiger partial charge in [0.2, 0.25) is 5.88 Å². The largest absolute Gasteiger partial charge is 0.473 e. The topological polar surface area (TPSA) is 71.5 Å². The first-order valence-corrected chi connectivity index (χ1v) is 7.47. The summed E-state index contributed by atoms with van der Waals surface area (Å²) in [6.45, 7) is 1.85. The SMILES string of the molecule is CC(O)CNC(=O)c1ccc(OC2CCSC2)nc1. The van der Waals surface area contributed by atoms with E-state index in [0.717, 1.165) is 17.9 Å². The minimum Gasteiger partial charge on any atom is -0.473 e. The Morgan fingerprint density at radius 1 is 1.68 bits per heavy atom. The third kappa shape index (κ3) is 4.40. The Hall–Kier alpha value is -1.27. The van der Waals surface area contributed by atoms with Crippen LogP contribution in [0.4, 0.5) is 0 Å². The summed E-state index contributed by atoms with van der Waals surface area (Å²) in [5.74, 6) is 2.44. The average Bonchev–Trinajstić information content (AvgIpc) is 2.89. The Kier molecular flexibility index (Phi) is 5.04. The summed E-state index contributed by atoms with van der Waals surface area (Å²) in [5.41, 5.74) is 0.466. The third-order valence-electron chi connectivity index (χ3n) is 2.73. The predicted molar refractivity (Wildman–Crippen MR) is 74.6 cm³/mol. The van der Waals surface area contributed by atoms with Gasteiger partial charge in [0.1, 0.15) is 6.10 Å². The average molecular weight is 282 g/mol. The molecular weight excluding hydrogens is 264 g/mol. The first-order valence-electron chi connectivity index (χ1n) is 6.32. The summed E-state index contributed by atoms with van der Waals surface area (Å²) in [5, 5.41) is 11.7. The lowest BCUT2D eigenvalue weighted by atomic mass is 10.2. The van der Waals surface area contributed by atoms with Crippen LogP contribution in [0.15, 0.2) is 18.3 Å². The molecule has 0 spiro atoms. The number of carbonyl (C=O) groups is 1. The Morgan fingerprint density at radius 3 is 3.11 bits per heavy atom. The molecule has 104 valence electrons. The van der Waals surface area contributed by atoms with E-state index in [1.165, 1.54) is 6.20 Å². The van der Waals surface area contributed by atoms with Crippen LogP contribution in [0.2, 0.25) is 0 Å². The van der Waals surface area contributed by atoms with Crippen LogP contribution >= 0.6 is 11.8 Å². The van der Waals surface area contributed by atoms with Gasteiger partial charge in [-0.3, -0.25) is 4.79 Å². The Bertz CT molecular complexity index is 416. The van der Waals surface area contributed by atoms with Gasteiger partial charge in [-0.05, 0) is 25.2 Å². The van der Waals surface area contributed by atoms with Gasteiger partial charge in [-0.1, -0.05) is 0 Å². The van der Waals surface area contributed by atoms with E-state index < -0.39 is 6.10 Å². The molecule has 19 heavy (non-hydrogen) atoms. The molecule has 2 rings (SSSR count). The number of hydrogen-bond donors (Lipinski definition) is 2. The molecule has 5 nitrogen and oxygen atoms in total. The molecule has 1 aliphatic heterocycles. The molecule has 0 radical (unpaired) electrons. The second kappa shape index (κ2) is 6.77. The van der Waals surface area contributed by atoms with Gasteiger partial charge in [0.15, 0.2) is 0 Å². The molecule has 1 aromatic rings. The summed E-state index contributed by atoms with van der Waals surface area (Å²) in [6.07, 6.45) is 2.21. The van der Waals surface area contributed by atoms with E-state index >= 15 is 0 Å². The molecule has 1 saturated heterocycles.